The van der Waals surface area contributed by atoms with Crippen LogP contribution in [0.25, 0.3) is 0 Å². The molecule has 2 aromatic rings. The van der Waals surface area contributed by atoms with Crippen LogP contribution in [-0.4, -0.2) is 24.2 Å². The number of amides is 1. The molecule has 0 radical (unpaired) electrons. The van der Waals surface area contributed by atoms with Gasteiger partial charge < -0.3 is 19.6 Å². The van der Waals surface area contributed by atoms with E-state index in [1.807, 2.05) is 13.0 Å². The Hall–Kier alpha value is -1.63. The molecule has 5 nitrogen and oxygen atoms in total. The molecule has 1 aliphatic rings. The van der Waals surface area contributed by atoms with E-state index in [4.69, 9.17) is 9.15 Å². The molecular formula is C16H19NO4S. The number of nitrogens with one attached hydrogen (secondary N) is 1. The third-order valence-electron chi connectivity index (χ3n) is 3.72. The highest BCUT2D eigenvalue weighted by atomic mass is 32.1. The van der Waals surface area contributed by atoms with Gasteiger partial charge in [0.1, 0.15) is 17.1 Å². The SMILES string of the molecule is Cc1ccc(C(C)(O)CNC(=O)c2cc3c(s2)CCOC3)o1. The zero-order chi connectivity index (χ0) is 15.7. The van der Waals surface area contributed by atoms with E-state index >= 15 is 0 Å². The van der Waals surface area contributed by atoms with E-state index in [1.165, 1.54) is 16.2 Å². The Morgan fingerprint density at radius 3 is 3.00 bits per heavy atom. The third kappa shape index (κ3) is 3.09. The van der Waals surface area contributed by atoms with Crippen molar-refractivity contribution in [2.75, 3.05) is 13.2 Å². The van der Waals surface area contributed by atoms with Crippen molar-refractivity contribution in [1.29, 1.82) is 0 Å². The van der Waals surface area contributed by atoms with Gasteiger partial charge in [-0.25, -0.2) is 0 Å². The number of thiophene rings is 1. The fraction of sp³-hybridized carbons (Fsp3) is 0.438. The first-order chi connectivity index (χ1) is 10.5. The third-order valence-corrected chi connectivity index (χ3v) is 4.95. The van der Waals surface area contributed by atoms with E-state index in [-0.39, 0.29) is 12.5 Å². The summed E-state index contributed by atoms with van der Waals surface area (Å²) in [7, 11) is 0. The second kappa shape index (κ2) is 5.87. The fourth-order valence-corrected chi connectivity index (χ4v) is 3.48. The van der Waals surface area contributed by atoms with Crippen LogP contribution in [0.3, 0.4) is 0 Å². The van der Waals surface area contributed by atoms with Gasteiger partial charge in [-0.2, -0.15) is 0 Å². The molecule has 118 valence electrons. The van der Waals surface area contributed by atoms with E-state index in [2.05, 4.69) is 5.32 Å². The summed E-state index contributed by atoms with van der Waals surface area (Å²) in [5.74, 6) is 1.000. The molecule has 0 saturated heterocycles. The fourth-order valence-electron chi connectivity index (χ4n) is 2.41. The summed E-state index contributed by atoms with van der Waals surface area (Å²) < 4.78 is 10.8. The largest absolute Gasteiger partial charge is 0.463 e. The molecule has 6 heteroatoms. The van der Waals surface area contributed by atoms with Crippen LogP contribution in [0.4, 0.5) is 0 Å². The van der Waals surface area contributed by atoms with E-state index in [9.17, 15) is 9.90 Å². The molecule has 1 aliphatic heterocycles. The maximum Gasteiger partial charge on any atom is 0.261 e. The highest BCUT2D eigenvalue weighted by Gasteiger charge is 2.28. The molecule has 0 aromatic carbocycles. The van der Waals surface area contributed by atoms with Crippen molar-refractivity contribution in [2.45, 2.75) is 32.5 Å². The summed E-state index contributed by atoms with van der Waals surface area (Å²) in [6, 6.07) is 5.39. The summed E-state index contributed by atoms with van der Waals surface area (Å²) in [6.45, 7) is 4.82. The number of hydrogen-bond acceptors (Lipinski definition) is 5. The number of rotatable bonds is 4. The summed E-state index contributed by atoms with van der Waals surface area (Å²) in [6.07, 6.45) is 0.858. The van der Waals surface area contributed by atoms with Gasteiger partial charge in [0.15, 0.2) is 0 Å². The standard InChI is InChI=1S/C16H19NO4S/c1-10-3-4-14(21-10)16(2,19)9-17-15(18)13-7-11-8-20-6-5-12(11)22-13/h3-4,7,19H,5-6,8-9H2,1-2H3,(H,17,18). The normalized spacial score (nSPS) is 16.9. The Labute approximate surface area is 132 Å². The Kier molecular flexibility index (Phi) is 4.08. The zero-order valence-corrected chi connectivity index (χ0v) is 13.5. The first-order valence-electron chi connectivity index (χ1n) is 7.22. The van der Waals surface area contributed by atoms with Crippen LogP contribution in [0.5, 0.6) is 0 Å². The molecule has 22 heavy (non-hydrogen) atoms. The van der Waals surface area contributed by atoms with Crippen LogP contribution in [0.1, 0.15) is 38.6 Å². The highest BCUT2D eigenvalue weighted by molar-refractivity contribution is 7.14. The average molecular weight is 321 g/mol. The first-order valence-corrected chi connectivity index (χ1v) is 8.04. The maximum atomic E-state index is 12.3. The lowest BCUT2D eigenvalue weighted by atomic mass is 10.0. The van der Waals surface area contributed by atoms with Gasteiger partial charge in [0.05, 0.1) is 24.6 Å². The molecule has 3 rings (SSSR count). The maximum absolute atomic E-state index is 12.3. The second-order valence-electron chi connectivity index (χ2n) is 5.73. The minimum atomic E-state index is -1.23. The number of carbonyl (C=O) groups is 1. The van der Waals surface area contributed by atoms with Gasteiger partial charge in [-0.3, -0.25) is 4.79 Å². The monoisotopic (exact) mass is 321 g/mol. The van der Waals surface area contributed by atoms with Gasteiger partial charge >= 0.3 is 0 Å². The lowest BCUT2D eigenvalue weighted by Crippen LogP contribution is -2.38. The van der Waals surface area contributed by atoms with Gasteiger partial charge in [0.2, 0.25) is 0 Å². The Morgan fingerprint density at radius 2 is 2.32 bits per heavy atom. The molecule has 0 saturated carbocycles. The van der Waals surface area contributed by atoms with Crippen LogP contribution < -0.4 is 5.32 Å². The van der Waals surface area contributed by atoms with Crippen LogP contribution in [-0.2, 0) is 23.4 Å². The van der Waals surface area contributed by atoms with Crippen LogP contribution in [0, 0.1) is 6.92 Å². The lowest BCUT2D eigenvalue weighted by molar-refractivity contribution is 0.0324. The number of aliphatic hydroxyl groups is 1. The van der Waals surface area contributed by atoms with Crippen molar-refractivity contribution >= 4 is 17.2 Å². The molecule has 1 atom stereocenters. The van der Waals surface area contributed by atoms with E-state index in [0.717, 1.165) is 17.7 Å². The highest BCUT2D eigenvalue weighted by Crippen LogP contribution is 2.27. The van der Waals surface area contributed by atoms with E-state index < -0.39 is 5.60 Å². The topological polar surface area (TPSA) is 71.7 Å². The molecule has 3 heterocycles. The van der Waals surface area contributed by atoms with E-state index in [1.54, 1.807) is 19.1 Å². The number of furan rings is 1. The van der Waals surface area contributed by atoms with Crippen molar-refractivity contribution in [3.63, 3.8) is 0 Å². The van der Waals surface area contributed by atoms with Crippen LogP contribution in [0.2, 0.25) is 0 Å². The number of aryl methyl sites for hydroxylation is 1. The zero-order valence-electron chi connectivity index (χ0n) is 12.6. The van der Waals surface area contributed by atoms with Crippen LogP contribution >= 0.6 is 11.3 Å². The van der Waals surface area contributed by atoms with Gasteiger partial charge in [-0.1, -0.05) is 0 Å². The number of carbonyl (C=O) groups excluding carboxylic acids is 1. The predicted molar refractivity (Wildman–Crippen MR) is 83.0 cm³/mol. The summed E-state index contributed by atoms with van der Waals surface area (Å²) in [5.41, 5.74) is -0.140. The smallest absolute Gasteiger partial charge is 0.261 e. The van der Waals surface area contributed by atoms with Crippen LogP contribution in [0.15, 0.2) is 22.6 Å². The second-order valence-corrected chi connectivity index (χ2v) is 6.87. The summed E-state index contributed by atoms with van der Waals surface area (Å²) in [5, 5.41) is 13.2. The minimum absolute atomic E-state index is 0.0951. The Bertz CT molecular complexity index is 663. The summed E-state index contributed by atoms with van der Waals surface area (Å²) >= 11 is 1.50. The van der Waals surface area contributed by atoms with Gasteiger partial charge in [-0.05, 0) is 37.6 Å². The molecule has 1 unspecified atom stereocenters. The molecule has 0 fully saturated rings. The van der Waals surface area contributed by atoms with Crippen molar-refractivity contribution in [1.82, 2.24) is 5.32 Å². The van der Waals surface area contributed by atoms with Crippen molar-refractivity contribution < 1.29 is 19.1 Å². The van der Waals surface area contributed by atoms with Crippen molar-refractivity contribution in [3.05, 3.63) is 45.0 Å². The van der Waals surface area contributed by atoms with Crippen molar-refractivity contribution in [3.8, 4) is 0 Å². The van der Waals surface area contributed by atoms with Gasteiger partial charge in [-0.15, -0.1) is 11.3 Å². The average Bonchev–Trinajstić information content (AvgIpc) is 3.11. The molecule has 0 spiro atoms. The number of fused-ring (bicyclic) bond motifs is 1. The van der Waals surface area contributed by atoms with E-state index in [0.29, 0.717) is 23.9 Å². The number of ether oxygens (including phenoxy) is 1. The van der Waals surface area contributed by atoms with Gasteiger partial charge in [0.25, 0.3) is 5.91 Å². The Balaban J connectivity index is 1.65. The van der Waals surface area contributed by atoms with Crippen molar-refractivity contribution in [2.24, 2.45) is 0 Å². The predicted octanol–water partition coefficient (Wildman–Crippen LogP) is 2.36. The molecule has 2 N–H and O–H groups in total. The molecule has 0 aliphatic carbocycles. The molecule has 2 aromatic heterocycles. The van der Waals surface area contributed by atoms with Gasteiger partial charge in [0, 0.05) is 11.3 Å². The Morgan fingerprint density at radius 1 is 1.50 bits per heavy atom. The molecule has 0 bridgehead atoms. The quantitative estimate of drug-likeness (QED) is 0.907. The number of hydrogen-bond donors (Lipinski definition) is 2. The lowest BCUT2D eigenvalue weighted by Gasteiger charge is -2.21. The molecule has 1 amide bonds. The minimum Gasteiger partial charge on any atom is -0.463 e. The summed E-state index contributed by atoms with van der Waals surface area (Å²) in [4.78, 5) is 14.1. The molecular weight excluding hydrogens is 302 g/mol. The first kappa shape index (κ1) is 15.3.